The minimum absolute atomic E-state index is 0.200. The van der Waals surface area contributed by atoms with Gasteiger partial charge in [0, 0.05) is 0 Å². The fourth-order valence-corrected chi connectivity index (χ4v) is 1.36. The first-order valence-corrected chi connectivity index (χ1v) is 5.64. The van der Waals surface area contributed by atoms with Crippen LogP contribution >= 0.6 is 0 Å². The van der Waals surface area contributed by atoms with Crippen LogP contribution in [0.3, 0.4) is 0 Å². The number of hydrogen-bond acceptors (Lipinski definition) is 2. The van der Waals surface area contributed by atoms with Gasteiger partial charge in [-0.05, 0) is 6.42 Å². The molecule has 0 saturated heterocycles. The minimum Gasteiger partial charge on any atom is -0.335 e. The Hall–Kier alpha value is -0.640. The third kappa shape index (κ3) is 3.33. The molecule has 0 aromatic carbocycles. The maximum Gasteiger partial charge on any atom is 0.399 e. The van der Waals surface area contributed by atoms with Crippen molar-refractivity contribution in [2.45, 2.75) is 62.6 Å². The summed E-state index contributed by atoms with van der Waals surface area (Å²) >= 11 is 0. The van der Waals surface area contributed by atoms with Gasteiger partial charge in [-0.3, -0.25) is 0 Å². The maximum atomic E-state index is 13.1. The molecule has 2 N–H and O–H groups in total. The summed E-state index contributed by atoms with van der Waals surface area (Å²) in [6.45, 7) is 1.60. The van der Waals surface area contributed by atoms with E-state index >= 15 is 0 Å². The molecule has 20 heavy (non-hydrogen) atoms. The van der Waals surface area contributed by atoms with E-state index in [2.05, 4.69) is 0 Å². The van der Waals surface area contributed by atoms with Crippen LogP contribution in [0.4, 0.5) is 35.1 Å². The van der Waals surface area contributed by atoms with E-state index < -0.39 is 36.4 Å². The molecule has 0 spiro atoms. The van der Waals surface area contributed by atoms with Gasteiger partial charge in [0.2, 0.25) is 0 Å². The zero-order chi connectivity index (χ0) is 16.4. The van der Waals surface area contributed by atoms with Gasteiger partial charge in [-0.15, -0.1) is 0 Å². The molecule has 0 saturated carbocycles. The molecule has 0 bridgehead atoms. The van der Waals surface area contributed by atoms with Gasteiger partial charge in [-0.1, -0.05) is 26.2 Å². The topological polar surface area (TPSA) is 40.5 Å². The van der Waals surface area contributed by atoms with Gasteiger partial charge in [0.05, 0.1) is 0 Å². The third-order valence-corrected chi connectivity index (χ3v) is 2.67. The van der Waals surface area contributed by atoms with E-state index in [0.717, 1.165) is 0 Å². The molecule has 0 rings (SSSR count). The van der Waals surface area contributed by atoms with E-state index in [1.807, 2.05) is 0 Å². The van der Waals surface area contributed by atoms with Crippen molar-refractivity contribution in [3.8, 4) is 0 Å². The van der Waals surface area contributed by atoms with Crippen molar-refractivity contribution >= 4 is 0 Å². The molecule has 0 heterocycles. The summed E-state index contributed by atoms with van der Waals surface area (Å²) < 4.78 is 103. The predicted octanol–water partition coefficient (Wildman–Crippen LogP) is 3.42. The molecule has 0 amide bonds. The second-order valence-corrected chi connectivity index (χ2v) is 4.32. The van der Waals surface area contributed by atoms with E-state index in [9.17, 15) is 35.1 Å². The van der Waals surface area contributed by atoms with Crippen molar-refractivity contribution < 1.29 is 45.3 Å². The zero-order valence-electron chi connectivity index (χ0n) is 10.3. The van der Waals surface area contributed by atoms with Gasteiger partial charge < -0.3 is 10.2 Å². The first-order chi connectivity index (χ1) is 8.73. The van der Waals surface area contributed by atoms with E-state index in [-0.39, 0.29) is 12.8 Å². The fourth-order valence-electron chi connectivity index (χ4n) is 1.36. The molecule has 122 valence electrons. The zero-order valence-corrected chi connectivity index (χ0v) is 10.3. The number of hydrogen-bond donors (Lipinski definition) is 2. The highest BCUT2D eigenvalue weighted by Gasteiger charge is 2.81. The van der Waals surface area contributed by atoms with Gasteiger partial charge in [0.1, 0.15) is 0 Å². The molecule has 1 unspecified atom stereocenters. The first kappa shape index (κ1) is 19.4. The smallest absolute Gasteiger partial charge is 0.335 e. The summed E-state index contributed by atoms with van der Waals surface area (Å²) in [4.78, 5) is 0. The fraction of sp³-hybridized carbons (Fsp3) is 1.00. The lowest BCUT2D eigenvalue weighted by Crippen LogP contribution is -2.66. The third-order valence-electron chi connectivity index (χ3n) is 2.67. The summed E-state index contributed by atoms with van der Waals surface area (Å²) in [6.07, 6.45) is -4.47. The first-order valence-electron chi connectivity index (χ1n) is 5.64. The maximum absolute atomic E-state index is 13.1. The molecule has 0 radical (unpaired) electrons. The molecule has 0 aliphatic rings. The average molecular weight is 318 g/mol. The second kappa shape index (κ2) is 6.00. The Balaban J connectivity index is 5.25. The minimum atomic E-state index is -6.62. The summed E-state index contributed by atoms with van der Waals surface area (Å²) in [6, 6.07) is -5.91. The van der Waals surface area contributed by atoms with Gasteiger partial charge in [-0.25, -0.2) is 4.39 Å². The standard InChI is InChI=1S/C10H14F8O2/c1-2-3-4-5-6(11)7(12,13)8(14,15)9(16,17)10(18,19)20/h6,19-20H,2-5H2,1H3. The molecular weight excluding hydrogens is 304 g/mol. The van der Waals surface area contributed by atoms with Crippen molar-refractivity contribution in [1.82, 2.24) is 0 Å². The Morgan fingerprint density at radius 1 is 0.850 bits per heavy atom. The molecule has 0 aromatic rings. The normalized spacial score (nSPS) is 16.4. The van der Waals surface area contributed by atoms with Crippen molar-refractivity contribution in [2.24, 2.45) is 0 Å². The molecular formula is C10H14F8O2. The van der Waals surface area contributed by atoms with E-state index in [1.165, 1.54) is 0 Å². The quantitative estimate of drug-likeness (QED) is 0.409. The Morgan fingerprint density at radius 2 is 1.30 bits per heavy atom. The van der Waals surface area contributed by atoms with Crippen LogP contribution in [-0.2, 0) is 0 Å². The lowest BCUT2D eigenvalue weighted by atomic mass is 9.96. The van der Waals surface area contributed by atoms with Crippen LogP contribution in [0.1, 0.15) is 32.6 Å². The highest BCUT2D eigenvalue weighted by Crippen LogP contribution is 2.52. The highest BCUT2D eigenvalue weighted by molar-refractivity contribution is 5.02. The van der Waals surface area contributed by atoms with Crippen LogP contribution in [0.15, 0.2) is 0 Å². The van der Waals surface area contributed by atoms with Crippen LogP contribution in [0, 0.1) is 0 Å². The second-order valence-electron chi connectivity index (χ2n) is 4.32. The number of halogens is 8. The molecule has 0 aliphatic carbocycles. The Kier molecular flexibility index (Phi) is 5.81. The van der Waals surface area contributed by atoms with E-state index in [0.29, 0.717) is 6.42 Å². The number of alkyl halides is 8. The van der Waals surface area contributed by atoms with Gasteiger partial charge >= 0.3 is 23.8 Å². The predicted molar refractivity (Wildman–Crippen MR) is 52.2 cm³/mol. The highest BCUT2D eigenvalue weighted by atomic mass is 19.4. The molecule has 0 aromatic heterocycles. The Labute approximate surface area is 109 Å². The van der Waals surface area contributed by atoms with Gasteiger partial charge in [0.15, 0.2) is 6.17 Å². The lowest BCUT2D eigenvalue weighted by Gasteiger charge is -2.36. The van der Waals surface area contributed by atoms with Crippen LogP contribution in [0.2, 0.25) is 0 Å². The lowest BCUT2D eigenvalue weighted by molar-refractivity contribution is -0.444. The Bertz CT molecular complexity index is 313. The van der Waals surface area contributed by atoms with Gasteiger partial charge in [0.25, 0.3) is 0 Å². The van der Waals surface area contributed by atoms with Crippen molar-refractivity contribution in [1.29, 1.82) is 0 Å². The SMILES string of the molecule is CCCCCC(F)C(F)(F)C(F)(F)C(F)(F)C(O)(O)F. The molecule has 2 nitrogen and oxygen atoms in total. The van der Waals surface area contributed by atoms with Crippen molar-refractivity contribution in [3.05, 3.63) is 0 Å². The number of unbranched alkanes of at least 4 members (excludes halogenated alkanes) is 2. The van der Waals surface area contributed by atoms with E-state index in [1.54, 1.807) is 6.92 Å². The number of rotatable bonds is 8. The van der Waals surface area contributed by atoms with E-state index in [4.69, 9.17) is 10.2 Å². The largest absolute Gasteiger partial charge is 0.399 e. The van der Waals surface area contributed by atoms with Crippen LogP contribution < -0.4 is 0 Å². The average Bonchev–Trinajstić information content (AvgIpc) is 2.27. The number of aliphatic hydroxyl groups is 2. The monoisotopic (exact) mass is 318 g/mol. The van der Waals surface area contributed by atoms with Crippen molar-refractivity contribution in [3.63, 3.8) is 0 Å². The molecule has 0 fully saturated rings. The summed E-state index contributed by atoms with van der Waals surface area (Å²) in [5.74, 6) is -19.2. The van der Waals surface area contributed by atoms with Crippen LogP contribution in [0.5, 0.6) is 0 Å². The Morgan fingerprint density at radius 3 is 1.65 bits per heavy atom. The van der Waals surface area contributed by atoms with Crippen molar-refractivity contribution in [2.75, 3.05) is 0 Å². The molecule has 1 atom stereocenters. The molecule has 10 heteroatoms. The summed E-state index contributed by atoms with van der Waals surface area (Å²) in [5, 5.41) is 15.7. The summed E-state index contributed by atoms with van der Waals surface area (Å²) in [5.41, 5.74) is 0. The van der Waals surface area contributed by atoms with Crippen LogP contribution in [-0.4, -0.2) is 40.2 Å². The summed E-state index contributed by atoms with van der Waals surface area (Å²) in [7, 11) is 0. The van der Waals surface area contributed by atoms with Crippen LogP contribution in [0.25, 0.3) is 0 Å². The van der Waals surface area contributed by atoms with Gasteiger partial charge in [-0.2, -0.15) is 30.7 Å². The molecule has 0 aliphatic heterocycles.